The molecule has 0 saturated heterocycles. The highest BCUT2D eigenvalue weighted by atomic mass is 32.2. The van der Waals surface area contributed by atoms with Crippen molar-refractivity contribution in [2.24, 2.45) is 0 Å². The Balaban J connectivity index is 2.04. The van der Waals surface area contributed by atoms with Crippen molar-refractivity contribution >= 4 is 15.7 Å². The van der Waals surface area contributed by atoms with Crippen LogP contribution in [0, 0.1) is 5.82 Å². The summed E-state index contributed by atoms with van der Waals surface area (Å²) in [5, 5.41) is 10.2. The van der Waals surface area contributed by atoms with E-state index in [9.17, 15) is 17.9 Å². The number of benzene rings is 2. The van der Waals surface area contributed by atoms with Crippen molar-refractivity contribution in [2.45, 2.75) is 6.10 Å². The van der Waals surface area contributed by atoms with Gasteiger partial charge in [0.15, 0.2) is 0 Å². The molecule has 1 N–H and O–H groups in total. The number of anilines is 1. The Bertz CT molecular complexity index is 795. The van der Waals surface area contributed by atoms with E-state index in [2.05, 4.69) is 0 Å². The van der Waals surface area contributed by atoms with E-state index in [-0.39, 0.29) is 18.8 Å². The highest BCUT2D eigenvalue weighted by molar-refractivity contribution is 7.92. The maximum atomic E-state index is 13.0. The topological polar surface area (TPSA) is 76.1 Å². The van der Waals surface area contributed by atoms with Gasteiger partial charge in [0.1, 0.15) is 30.0 Å². The standard InChI is InChI=1S/C17H20FNO5S/c1-23-16-4-3-5-17(10-16)24-12-15(20)11-19(25(2,21)22)14-8-6-13(18)7-9-14/h3-10,15,20H,11-12H2,1-2H3. The Morgan fingerprint density at radius 3 is 2.40 bits per heavy atom. The molecule has 2 rings (SSSR count). The minimum absolute atomic E-state index is 0.111. The molecule has 0 aliphatic heterocycles. The van der Waals surface area contributed by atoms with E-state index >= 15 is 0 Å². The Kier molecular flexibility index (Phi) is 6.22. The zero-order chi connectivity index (χ0) is 18.4. The molecule has 6 nitrogen and oxygen atoms in total. The van der Waals surface area contributed by atoms with E-state index in [1.165, 1.54) is 19.2 Å². The van der Waals surface area contributed by atoms with E-state index < -0.39 is 21.9 Å². The molecule has 0 aromatic heterocycles. The summed E-state index contributed by atoms with van der Waals surface area (Å²) in [5.41, 5.74) is 0.268. The van der Waals surface area contributed by atoms with Gasteiger partial charge in [0.2, 0.25) is 10.0 Å². The van der Waals surface area contributed by atoms with Crippen molar-refractivity contribution in [1.82, 2.24) is 0 Å². The van der Waals surface area contributed by atoms with Gasteiger partial charge in [0.05, 0.1) is 25.6 Å². The molecule has 8 heteroatoms. The number of aliphatic hydroxyl groups excluding tert-OH is 1. The van der Waals surface area contributed by atoms with Crippen molar-refractivity contribution in [3.05, 3.63) is 54.3 Å². The first-order valence-corrected chi connectivity index (χ1v) is 9.32. The number of halogens is 1. The van der Waals surface area contributed by atoms with E-state index in [0.717, 1.165) is 22.7 Å². The predicted molar refractivity (Wildman–Crippen MR) is 93.1 cm³/mol. The summed E-state index contributed by atoms with van der Waals surface area (Å²) in [7, 11) is -2.12. The fourth-order valence-corrected chi connectivity index (χ4v) is 3.11. The first kappa shape index (κ1) is 19.0. The highest BCUT2D eigenvalue weighted by Crippen LogP contribution is 2.20. The lowest BCUT2D eigenvalue weighted by Crippen LogP contribution is -2.39. The third-order valence-electron chi connectivity index (χ3n) is 3.38. The molecule has 2 aromatic carbocycles. The van der Waals surface area contributed by atoms with Crippen LogP contribution in [0.4, 0.5) is 10.1 Å². The number of aliphatic hydroxyl groups is 1. The van der Waals surface area contributed by atoms with Crippen LogP contribution in [0.1, 0.15) is 0 Å². The number of ether oxygens (including phenoxy) is 2. The van der Waals surface area contributed by atoms with Gasteiger partial charge in [0.25, 0.3) is 0 Å². The van der Waals surface area contributed by atoms with Gasteiger partial charge in [0, 0.05) is 6.07 Å². The Hall–Kier alpha value is -2.32. The molecule has 2 aromatic rings. The second kappa shape index (κ2) is 8.17. The van der Waals surface area contributed by atoms with E-state index in [0.29, 0.717) is 11.5 Å². The predicted octanol–water partition coefficient (Wildman–Crippen LogP) is 2.04. The van der Waals surface area contributed by atoms with Gasteiger partial charge in [-0.15, -0.1) is 0 Å². The average Bonchev–Trinajstić information content (AvgIpc) is 2.58. The van der Waals surface area contributed by atoms with Crippen molar-refractivity contribution < 1.29 is 27.4 Å². The van der Waals surface area contributed by atoms with Crippen molar-refractivity contribution in [3.63, 3.8) is 0 Å². The van der Waals surface area contributed by atoms with Gasteiger partial charge in [-0.2, -0.15) is 0 Å². The lowest BCUT2D eigenvalue weighted by molar-refractivity contribution is 0.115. The monoisotopic (exact) mass is 369 g/mol. The minimum Gasteiger partial charge on any atom is -0.497 e. The lowest BCUT2D eigenvalue weighted by Gasteiger charge is -2.25. The van der Waals surface area contributed by atoms with Crippen LogP contribution in [0.5, 0.6) is 11.5 Å². The number of methoxy groups -OCH3 is 1. The zero-order valence-corrected chi connectivity index (χ0v) is 14.7. The number of hydrogen-bond donors (Lipinski definition) is 1. The quantitative estimate of drug-likeness (QED) is 0.771. The molecule has 1 unspecified atom stereocenters. The Labute approximate surface area is 146 Å². The molecule has 1 atom stereocenters. The van der Waals surface area contributed by atoms with Gasteiger partial charge in [-0.05, 0) is 36.4 Å². The first-order chi connectivity index (χ1) is 11.8. The van der Waals surface area contributed by atoms with Crippen LogP contribution in [0.3, 0.4) is 0 Å². The largest absolute Gasteiger partial charge is 0.497 e. The Morgan fingerprint density at radius 1 is 1.16 bits per heavy atom. The molecule has 0 aliphatic rings. The Morgan fingerprint density at radius 2 is 1.80 bits per heavy atom. The number of sulfonamides is 1. The molecule has 0 amide bonds. The van der Waals surface area contributed by atoms with Crippen molar-refractivity contribution in [1.29, 1.82) is 0 Å². The molecule has 0 heterocycles. The molecule has 0 spiro atoms. The van der Waals surface area contributed by atoms with Gasteiger partial charge < -0.3 is 14.6 Å². The fraction of sp³-hybridized carbons (Fsp3) is 0.294. The summed E-state index contributed by atoms with van der Waals surface area (Å²) >= 11 is 0. The van der Waals surface area contributed by atoms with Gasteiger partial charge in [-0.3, -0.25) is 4.31 Å². The smallest absolute Gasteiger partial charge is 0.232 e. The summed E-state index contributed by atoms with van der Waals surface area (Å²) in [6, 6.07) is 11.8. The normalized spacial score (nSPS) is 12.5. The number of nitrogens with zero attached hydrogens (tertiary/aromatic N) is 1. The third kappa shape index (κ3) is 5.61. The summed E-state index contributed by atoms with van der Waals surface area (Å²) in [6.07, 6.45) is -0.0580. The minimum atomic E-state index is -3.64. The molecule has 0 saturated carbocycles. The molecular weight excluding hydrogens is 349 g/mol. The van der Waals surface area contributed by atoms with Crippen LogP contribution in [-0.2, 0) is 10.0 Å². The van der Waals surface area contributed by atoms with Crippen LogP contribution < -0.4 is 13.8 Å². The second-order valence-electron chi connectivity index (χ2n) is 5.41. The van der Waals surface area contributed by atoms with Crippen LogP contribution in [0.2, 0.25) is 0 Å². The summed E-state index contributed by atoms with van der Waals surface area (Å²) in [6.45, 7) is -0.325. The fourth-order valence-electron chi connectivity index (χ4n) is 2.17. The van der Waals surface area contributed by atoms with Gasteiger partial charge >= 0.3 is 0 Å². The molecule has 0 bridgehead atoms. The summed E-state index contributed by atoms with van der Waals surface area (Å²) in [5.74, 6) is 0.626. The van der Waals surface area contributed by atoms with Crippen LogP contribution in [-0.4, -0.2) is 46.1 Å². The van der Waals surface area contributed by atoms with Gasteiger partial charge in [-0.25, -0.2) is 12.8 Å². The highest BCUT2D eigenvalue weighted by Gasteiger charge is 2.21. The zero-order valence-electron chi connectivity index (χ0n) is 13.9. The first-order valence-electron chi connectivity index (χ1n) is 7.48. The molecule has 25 heavy (non-hydrogen) atoms. The molecule has 0 aliphatic carbocycles. The SMILES string of the molecule is COc1cccc(OCC(O)CN(c2ccc(F)cc2)S(C)(=O)=O)c1. The molecule has 136 valence electrons. The van der Waals surface area contributed by atoms with Gasteiger partial charge in [-0.1, -0.05) is 6.07 Å². The maximum Gasteiger partial charge on any atom is 0.232 e. The van der Waals surface area contributed by atoms with Crippen molar-refractivity contribution in [3.8, 4) is 11.5 Å². The van der Waals surface area contributed by atoms with Crippen molar-refractivity contribution in [2.75, 3.05) is 30.8 Å². The lowest BCUT2D eigenvalue weighted by atomic mass is 10.3. The van der Waals surface area contributed by atoms with E-state index in [1.807, 2.05) is 0 Å². The van der Waals surface area contributed by atoms with Crippen LogP contribution >= 0.6 is 0 Å². The van der Waals surface area contributed by atoms with Crippen LogP contribution in [0.15, 0.2) is 48.5 Å². The number of hydrogen-bond acceptors (Lipinski definition) is 5. The van der Waals surface area contributed by atoms with E-state index in [4.69, 9.17) is 9.47 Å². The van der Waals surface area contributed by atoms with Crippen LogP contribution in [0.25, 0.3) is 0 Å². The average molecular weight is 369 g/mol. The second-order valence-corrected chi connectivity index (χ2v) is 7.32. The third-order valence-corrected chi connectivity index (χ3v) is 4.54. The maximum absolute atomic E-state index is 13.0. The number of rotatable bonds is 8. The molecule has 0 radical (unpaired) electrons. The van der Waals surface area contributed by atoms with E-state index in [1.54, 1.807) is 24.3 Å². The molecule has 0 fully saturated rings. The summed E-state index contributed by atoms with van der Waals surface area (Å²) < 4.78 is 48.5. The molecular formula is C17H20FNO5S. The summed E-state index contributed by atoms with van der Waals surface area (Å²) in [4.78, 5) is 0.